The summed E-state index contributed by atoms with van der Waals surface area (Å²) in [5.41, 5.74) is 5.71. The Kier molecular flexibility index (Phi) is 3.06. The van der Waals surface area contributed by atoms with Crippen molar-refractivity contribution >= 4 is 22.7 Å². The number of para-hydroxylation sites is 2. The largest absolute Gasteiger partial charge is 0.319 e. The molecule has 2 atom stereocenters. The maximum absolute atomic E-state index is 12.2. The molecule has 2 aromatic rings. The number of hydrazone groups is 1. The molecule has 0 aliphatic heterocycles. The minimum Gasteiger partial charge on any atom is -0.319 e. The number of imidazole rings is 1. The number of hydrogen-bond donors (Lipinski definition) is 1. The molecule has 0 radical (unpaired) electrons. The molecule has 1 saturated carbocycles. The summed E-state index contributed by atoms with van der Waals surface area (Å²) in [7, 11) is 0. The average Bonchev–Trinajstić information content (AvgIpc) is 3.01. The number of fused-ring (bicyclic) bond motifs is 2. The van der Waals surface area contributed by atoms with Gasteiger partial charge in [0.2, 0.25) is 0 Å². The highest BCUT2D eigenvalue weighted by atomic mass is 16.2. The first-order valence-corrected chi connectivity index (χ1v) is 7.66. The normalized spacial score (nSPS) is 24.5. The van der Waals surface area contributed by atoms with E-state index in [4.69, 9.17) is 0 Å². The number of benzene rings is 1. The van der Waals surface area contributed by atoms with Crippen molar-refractivity contribution in [2.45, 2.75) is 26.3 Å². The number of hydrogen-bond acceptors (Lipinski definition) is 3. The fraction of sp³-hybridized carbons (Fsp3) is 0.353. The fourth-order valence-corrected chi connectivity index (χ4v) is 3.37. The van der Waals surface area contributed by atoms with E-state index >= 15 is 0 Å². The van der Waals surface area contributed by atoms with Crippen LogP contribution >= 0.6 is 0 Å². The summed E-state index contributed by atoms with van der Waals surface area (Å²) in [5, 5.41) is 4.31. The third-order valence-electron chi connectivity index (χ3n) is 4.63. The van der Waals surface area contributed by atoms with Gasteiger partial charge in [0.25, 0.3) is 5.91 Å². The van der Waals surface area contributed by atoms with Crippen molar-refractivity contribution < 1.29 is 4.79 Å². The number of carbonyl (C=O) groups excluding carboxylic acids is 1. The summed E-state index contributed by atoms with van der Waals surface area (Å²) in [6, 6.07) is 7.85. The second kappa shape index (κ2) is 5.09. The second-order valence-corrected chi connectivity index (χ2v) is 6.01. The zero-order valence-corrected chi connectivity index (χ0v) is 12.5. The number of allylic oxidation sites excluding steroid dienone is 2. The minimum absolute atomic E-state index is 0.104. The first kappa shape index (κ1) is 13.2. The van der Waals surface area contributed by atoms with Crippen LogP contribution in [0.3, 0.4) is 0 Å². The Hall–Kier alpha value is -2.43. The molecular formula is C17H18N4O. The molecule has 1 aromatic carbocycles. The van der Waals surface area contributed by atoms with E-state index in [1.807, 2.05) is 35.8 Å². The van der Waals surface area contributed by atoms with Crippen LogP contribution in [0.1, 0.15) is 18.7 Å². The molecule has 2 unspecified atom stereocenters. The topological polar surface area (TPSA) is 59.3 Å². The molecule has 1 N–H and O–H groups in total. The van der Waals surface area contributed by atoms with Gasteiger partial charge in [0, 0.05) is 11.6 Å². The van der Waals surface area contributed by atoms with Crippen molar-refractivity contribution in [3.8, 4) is 0 Å². The smallest absolute Gasteiger partial charge is 0.260 e. The molecule has 112 valence electrons. The Morgan fingerprint density at radius 1 is 1.45 bits per heavy atom. The van der Waals surface area contributed by atoms with Crippen LogP contribution in [-0.4, -0.2) is 21.2 Å². The van der Waals surface area contributed by atoms with Gasteiger partial charge in [-0.05, 0) is 37.8 Å². The van der Waals surface area contributed by atoms with Crippen LogP contribution < -0.4 is 5.43 Å². The molecule has 0 spiro atoms. The molecule has 2 aliphatic carbocycles. The standard InChI is InChI=1S/C17H18N4O/c1-11-18-14-7-2-3-8-16(14)21(11)10-17(22)20-19-15-9-12-5-4-6-13(12)15/h2-5,7-8,12-13H,6,9-10H2,1H3,(H,20,22)/b19-15+. The van der Waals surface area contributed by atoms with Crippen LogP contribution in [0.5, 0.6) is 0 Å². The van der Waals surface area contributed by atoms with Crippen LogP contribution in [0.25, 0.3) is 11.0 Å². The van der Waals surface area contributed by atoms with E-state index in [0.29, 0.717) is 11.8 Å². The highest BCUT2D eigenvalue weighted by Crippen LogP contribution is 2.40. The monoisotopic (exact) mass is 294 g/mol. The SMILES string of the molecule is Cc1nc2ccccc2n1CC(=O)N/N=C1\CC2C=CCC12. The zero-order chi connectivity index (χ0) is 15.1. The fourth-order valence-electron chi connectivity index (χ4n) is 3.37. The molecule has 1 heterocycles. The third kappa shape index (κ3) is 2.13. The van der Waals surface area contributed by atoms with Crippen LogP contribution in [0.15, 0.2) is 41.5 Å². The summed E-state index contributed by atoms with van der Waals surface area (Å²) in [6.45, 7) is 2.16. The molecular weight excluding hydrogens is 276 g/mol. The van der Waals surface area contributed by atoms with Crippen LogP contribution in [0, 0.1) is 18.8 Å². The quantitative estimate of drug-likeness (QED) is 0.698. The Balaban J connectivity index is 1.45. The summed E-state index contributed by atoms with van der Waals surface area (Å²) in [5.74, 6) is 1.91. The summed E-state index contributed by atoms with van der Waals surface area (Å²) in [4.78, 5) is 16.6. The number of aromatic nitrogens is 2. The number of nitrogens with one attached hydrogen (secondary N) is 1. The Morgan fingerprint density at radius 3 is 3.18 bits per heavy atom. The number of aryl methyl sites for hydroxylation is 1. The van der Waals surface area contributed by atoms with Gasteiger partial charge in [0.05, 0.1) is 11.0 Å². The van der Waals surface area contributed by atoms with Crippen molar-refractivity contribution in [3.05, 3.63) is 42.2 Å². The van der Waals surface area contributed by atoms with Crippen molar-refractivity contribution in [1.29, 1.82) is 0 Å². The molecule has 5 nitrogen and oxygen atoms in total. The maximum atomic E-state index is 12.2. The molecule has 22 heavy (non-hydrogen) atoms. The van der Waals surface area contributed by atoms with E-state index in [1.54, 1.807) is 0 Å². The van der Waals surface area contributed by atoms with Crippen molar-refractivity contribution in [2.75, 3.05) is 0 Å². The predicted molar refractivity (Wildman–Crippen MR) is 85.4 cm³/mol. The first-order chi connectivity index (χ1) is 10.7. The Labute approximate surface area is 128 Å². The molecule has 1 amide bonds. The number of carbonyl (C=O) groups is 1. The Bertz CT molecular complexity index is 802. The predicted octanol–water partition coefficient (Wildman–Crippen LogP) is 2.41. The van der Waals surface area contributed by atoms with Gasteiger partial charge < -0.3 is 4.57 Å². The van der Waals surface area contributed by atoms with E-state index in [0.717, 1.165) is 35.4 Å². The lowest BCUT2D eigenvalue weighted by Crippen LogP contribution is -2.36. The summed E-state index contributed by atoms with van der Waals surface area (Å²) < 4.78 is 1.92. The van der Waals surface area contributed by atoms with Gasteiger partial charge in [-0.25, -0.2) is 10.4 Å². The van der Waals surface area contributed by atoms with Gasteiger partial charge in [-0.2, -0.15) is 5.10 Å². The van der Waals surface area contributed by atoms with Gasteiger partial charge in [0.1, 0.15) is 12.4 Å². The lowest BCUT2D eigenvalue weighted by Gasteiger charge is -2.31. The average molecular weight is 294 g/mol. The van der Waals surface area contributed by atoms with E-state index in [2.05, 4.69) is 27.7 Å². The third-order valence-corrected chi connectivity index (χ3v) is 4.63. The number of amides is 1. The molecule has 0 saturated heterocycles. The first-order valence-electron chi connectivity index (χ1n) is 7.66. The maximum Gasteiger partial charge on any atom is 0.260 e. The van der Waals surface area contributed by atoms with Crippen LogP contribution in [-0.2, 0) is 11.3 Å². The summed E-state index contributed by atoms with van der Waals surface area (Å²) in [6.07, 6.45) is 6.51. The van der Waals surface area contributed by atoms with Crippen molar-refractivity contribution in [3.63, 3.8) is 0 Å². The Morgan fingerprint density at radius 2 is 2.32 bits per heavy atom. The highest BCUT2D eigenvalue weighted by molar-refractivity contribution is 5.95. The van der Waals surface area contributed by atoms with E-state index in [9.17, 15) is 4.79 Å². The highest BCUT2D eigenvalue weighted by Gasteiger charge is 2.37. The number of rotatable bonds is 3. The lowest BCUT2D eigenvalue weighted by molar-refractivity contribution is -0.121. The van der Waals surface area contributed by atoms with Gasteiger partial charge in [-0.1, -0.05) is 24.3 Å². The van der Waals surface area contributed by atoms with Crippen molar-refractivity contribution in [1.82, 2.24) is 15.0 Å². The van der Waals surface area contributed by atoms with Gasteiger partial charge >= 0.3 is 0 Å². The van der Waals surface area contributed by atoms with Crippen molar-refractivity contribution in [2.24, 2.45) is 16.9 Å². The number of nitrogens with zero attached hydrogens (tertiary/aromatic N) is 3. The zero-order valence-electron chi connectivity index (χ0n) is 12.5. The van der Waals surface area contributed by atoms with E-state index < -0.39 is 0 Å². The molecule has 1 aromatic heterocycles. The van der Waals surface area contributed by atoms with Crippen LogP contribution in [0.2, 0.25) is 0 Å². The van der Waals surface area contributed by atoms with Crippen LogP contribution in [0.4, 0.5) is 0 Å². The van der Waals surface area contributed by atoms with Gasteiger partial charge in [-0.15, -0.1) is 0 Å². The van der Waals surface area contributed by atoms with Gasteiger partial charge in [-0.3, -0.25) is 4.79 Å². The molecule has 1 fully saturated rings. The molecule has 0 bridgehead atoms. The second-order valence-electron chi connectivity index (χ2n) is 6.01. The molecule has 4 rings (SSSR count). The molecule has 5 heteroatoms. The van der Waals surface area contributed by atoms with Gasteiger partial charge in [0.15, 0.2) is 0 Å². The summed E-state index contributed by atoms with van der Waals surface area (Å²) >= 11 is 0. The lowest BCUT2D eigenvalue weighted by atomic mass is 9.74. The molecule has 2 aliphatic rings. The van der Waals surface area contributed by atoms with E-state index in [-0.39, 0.29) is 12.5 Å². The van der Waals surface area contributed by atoms with E-state index in [1.165, 1.54) is 0 Å². The minimum atomic E-state index is -0.104.